The van der Waals surface area contributed by atoms with E-state index in [-0.39, 0.29) is 5.75 Å². The van der Waals surface area contributed by atoms with Crippen molar-refractivity contribution < 1.29 is 13.5 Å². The minimum atomic E-state index is -0.740. The summed E-state index contributed by atoms with van der Waals surface area (Å²) in [5.41, 5.74) is 1.88. The van der Waals surface area contributed by atoms with Crippen LogP contribution >= 0.6 is 0 Å². The van der Waals surface area contributed by atoms with E-state index in [2.05, 4.69) is 10.3 Å². The molecule has 1 saturated carbocycles. The van der Waals surface area contributed by atoms with Gasteiger partial charge in [0.25, 0.3) is 0 Å². The van der Waals surface area contributed by atoms with Gasteiger partial charge < -0.3 is 10.1 Å². The van der Waals surface area contributed by atoms with Crippen molar-refractivity contribution in [2.75, 3.05) is 0 Å². The van der Waals surface area contributed by atoms with Gasteiger partial charge in [0, 0.05) is 30.4 Å². The first-order valence-electron chi connectivity index (χ1n) is 6.93. The normalized spacial score (nSPS) is 14.2. The Morgan fingerprint density at radius 2 is 2.10 bits per heavy atom. The number of halogens is 2. The SMILES string of the molecule is Cc1cc(CNC2CC2)cnc1Oc1ccc(F)cc1F. The molecule has 0 spiro atoms. The smallest absolute Gasteiger partial charge is 0.222 e. The number of ether oxygens (including phenoxy) is 1. The summed E-state index contributed by atoms with van der Waals surface area (Å²) in [5.74, 6) is -1.08. The molecule has 0 aliphatic heterocycles. The maximum absolute atomic E-state index is 13.6. The summed E-state index contributed by atoms with van der Waals surface area (Å²) in [7, 11) is 0. The lowest BCUT2D eigenvalue weighted by molar-refractivity contribution is 0.420. The van der Waals surface area contributed by atoms with Crippen molar-refractivity contribution in [1.29, 1.82) is 0 Å². The van der Waals surface area contributed by atoms with Gasteiger partial charge in [-0.3, -0.25) is 0 Å². The second kappa shape index (κ2) is 5.77. The fourth-order valence-corrected chi connectivity index (χ4v) is 2.04. The van der Waals surface area contributed by atoms with Crippen molar-refractivity contribution in [3.8, 4) is 11.6 Å². The van der Waals surface area contributed by atoms with E-state index in [4.69, 9.17) is 4.74 Å². The van der Waals surface area contributed by atoms with E-state index in [1.54, 1.807) is 6.20 Å². The molecule has 1 N–H and O–H groups in total. The Bertz CT molecular complexity index is 657. The van der Waals surface area contributed by atoms with Crippen LogP contribution in [0.25, 0.3) is 0 Å². The van der Waals surface area contributed by atoms with Gasteiger partial charge in [0.2, 0.25) is 5.88 Å². The van der Waals surface area contributed by atoms with Crippen LogP contribution in [0.4, 0.5) is 8.78 Å². The van der Waals surface area contributed by atoms with Crippen molar-refractivity contribution >= 4 is 0 Å². The van der Waals surface area contributed by atoms with E-state index in [0.29, 0.717) is 11.9 Å². The molecule has 0 amide bonds. The highest BCUT2D eigenvalue weighted by Gasteiger charge is 2.20. The second-order valence-corrected chi connectivity index (χ2v) is 5.30. The molecule has 1 aromatic heterocycles. The molecule has 0 radical (unpaired) electrons. The summed E-state index contributed by atoms with van der Waals surface area (Å²) in [5, 5.41) is 3.40. The van der Waals surface area contributed by atoms with Gasteiger partial charge in [0.15, 0.2) is 11.6 Å². The molecule has 1 aromatic carbocycles. The summed E-state index contributed by atoms with van der Waals surface area (Å²) in [6.07, 6.45) is 4.17. The van der Waals surface area contributed by atoms with Crippen LogP contribution in [-0.4, -0.2) is 11.0 Å². The Kier molecular flexibility index (Phi) is 3.84. The van der Waals surface area contributed by atoms with Gasteiger partial charge in [0.1, 0.15) is 5.82 Å². The fraction of sp³-hybridized carbons (Fsp3) is 0.312. The Morgan fingerprint density at radius 1 is 1.29 bits per heavy atom. The summed E-state index contributed by atoms with van der Waals surface area (Å²) < 4.78 is 31.8. The van der Waals surface area contributed by atoms with Crippen molar-refractivity contribution in [3.05, 3.63) is 53.2 Å². The number of nitrogens with zero attached hydrogens (tertiary/aromatic N) is 1. The Balaban J connectivity index is 1.72. The molecule has 110 valence electrons. The predicted molar refractivity (Wildman–Crippen MR) is 75.3 cm³/mol. The molecule has 1 heterocycles. The van der Waals surface area contributed by atoms with Crippen molar-refractivity contribution in [2.24, 2.45) is 0 Å². The second-order valence-electron chi connectivity index (χ2n) is 5.30. The minimum absolute atomic E-state index is 0.0316. The topological polar surface area (TPSA) is 34.2 Å². The number of aromatic nitrogens is 1. The lowest BCUT2D eigenvalue weighted by atomic mass is 10.2. The van der Waals surface area contributed by atoms with Gasteiger partial charge in [-0.15, -0.1) is 0 Å². The number of aryl methyl sites for hydroxylation is 1. The molecule has 1 fully saturated rings. The lowest BCUT2D eigenvalue weighted by Crippen LogP contribution is -2.15. The Morgan fingerprint density at radius 3 is 2.76 bits per heavy atom. The number of benzene rings is 1. The fourth-order valence-electron chi connectivity index (χ4n) is 2.04. The van der Waals surface area contributed by atoms with Crippen LogP contribution in [0.5, 0.6) is 11.6 Å². The van der Waals surface area contributed by atoms with Crippen LogP contribution in [0.2, 0.25) is 0 Å². The summed E-state index contributed by atoms with van der Waals surface area (Å²) in [6, 6.07) is 5.79. The predicted octanol–water partition coefficient (Wildman–Crippen LogP) is 3.71. The van der Waals surface area contributed by atoms with Gasteiger partial charge in [-0.2, -0.15) is 0 Å². The van der Waals surface area contributed by atoms with E-state index >= 15 is 0 Å². The maximum Gasteiger partial charge on any atom is 0.222 e. The summed E-state index contributed by atoms with van der Waals surface area (Å²) in [4.78, 5) is 4.21. The summed E-state index contributed by atoms with van der Waals surface area (Å²) >= 11 is 0. The number of nitrogens with one attached hydrogen (secondary N) is 1. The quantitative estimate of drug-likeness (QED) is 0.911. The third kappa shape index (κ3) is 3.55. The molecule has 21 heavy (non-hydrogen) atoms. The Labute approximate surface area is 122 Å². The first kappa shape index (κ1) is 13.9. The number of hydrogen-bond donors (Lipinski definition) is 1. The van der Waals surface area contributed by atoms with Gasteiger partial charge in [-0.25, -0.2) is 13.8 Å². The molecule has 1 aliphatic rings. The van der Waals surface area contributed by atoms with Gasteiger partial charge in [-0.1, -0.05) is 0 Å². The molecule has 0 atom stereocenters. The van der Waals surface area contributed by atoms with E-state index in [9.17, 15) is 8.78 Å². The number of rotatable bonds is 5. The van der Waals surface area contributed by atoms with E-state index in [0.717, 1.165) is 29.8 Å². The largest absolute Gasteiger partial charge is 0.436 e. The first-order valence-corrected chi connectivity index (χ1v) is 6.93. The molecule has 0 saturated heterocycles. The minimum Gasteiger partial charge on any atom is -0.436 e. The average molecular weight is 290 g/mol. The summed E-state index contributed by atoms with van der Waals surface area (Å²) in [6.45, 7) is 2.62. The molecule has 3 rings (SSSR count). The maximum atomic E-state index is 13.6. The molecular weight excluding hydrogens is 274 g/mol. The highest BCUT2D eigenvalue weighted by atomic mass is 19.1. The molecule has 2 aromatic rings. The zero-order chi connectivity index (χ0) is 14.8. The molecule has 3 nitrogen and oxygen atoms in total. The standard InChI is InChI=1S/C16H16F2N2O/c1-10-6-11(8-19-13-3-4-13)9-20-16(10)21-15-5-2-12(17)7-14(15)18/h2,5-7,9,13,19H,3-4,8H2,1H3. The number of hydrogen-bond acceptors (Lipinski definition) is 3. The first-order chi connectivity index (χ1) is 10.1. The third-order valence-electron chi connectivity index (χ3n) is 3.36. The van der Waals surface area contributed by atoms with E-state index < -0.39 is 11.6 Å². The van der Waals surface area contributed by atoms with Crippen molar-refractivity contribution in [2.45, 2.75) is 32.4 Å². The van der Waals surface area contributed by atoms with Gasteiger partial charge in [0.05, 0.1) is 0 Å². The molecule has 5 heteroatoms. The zero-order valence-electron chi connectivity index (χ0n) is 11.7. The number of pyridine rings is 1. The molecule has 0 unspecified atom stereocenters. The molecular formula is C16H16F2N2O. The van der Waals surface area contributed by atoms with Crippen LogP contribution in [0.1, 0.15) is 24.0 Å². The van der Waals surface area contributed by atoms with Crippen LogP contribution in [0.3, 0.4) is 0 Å². The van der Waals surface area contributed by atoms with Crippen LogP contribution in [-0.2, 0) is 6.54 Å². The van der Waals surface area contributed by atoms with Gasteiger partial charge in [-0.05, 0) is 43.5 Å². The third-order valence-corrected chi connectivity index (χ3v) is 3.36. The monoisotopic (exact) mass is 290 g/mol. The van der Waals surface area contributed by atoms with E-state index in [1.807, 2.05) is 13.0 Å². The van der Waals surface area contributed by atoms with Gasteiger partial charge >= 0.3 is 0 Å². The Hall–Kier alpha value is -2.01. The van der Waals surface area contributed by atoms with Crippen LogP contribution in [0.15, 0.2) is 30.5 Å². The van der Waals surface area contributed by atoms with E-state index in [1.165, 1.54) is 18.9 Å². The van der Waals surface area contributed by atoms with Crippen molar-refractivity contribution in [3.63, 3.8) is 0 Å². The van der Waals surface area contributed by atoms with Crippen molar-refractivity contribution in [1.82, 2.24) is 10.3 Å². The van der Waals surface area contributed by atoms with Crippen LogP contribution in [0, 0.1) is 18.6 Å². The highest BCUT2D eigenvalue weighted by Crippen LogP contribution is 2.26. The molecule has 1 aliphatic carbocycles. The molecule has 0 bridgehead atoms. The van der Waals surface area contributed by atoms with Crippen LogP contribution < -0.4 is 10.1 Å². The zero-order valence-corrected chi connectivity index (χ0v) is 11.7. The highest BCUT2D eigenvalue weighted by molar-refractivity contribution is 5.34. The lowest BCUT2D eigenvalue weighted by Gasteiger charge is -2.10. The average Bonchev–Trinajstić information content (AvgIpc) is 3.26.